The summed E-state index contributed by atoms with van der Waals surface area (Å²) in [5, 5.41) is 6.60. The van der Waals surface area contributed by atoms with Gasteiger partial charge in [0.25, 0.3) is 0 Å². The van der Waals surface area contributed by atoms with Crippen molar-refractivity contribution < 1.29 is 0 Å². The number of rotatable bonds is 12. The highest BCUT2D eigenvalue weighted by Crippen LogP contribution is 2.20. The molecule has 0 spiro atoms. The fourth-order valence-electron chi connectivity index (χ4n) is 1.71. The molecule has 0 unspecified atom stereocenters. The van der Waals surface area contributed by atoms with Gasteiger partial charge < -0.3 is 10.6 Å². The number of hydrogen-bond donors (Lipinski definition) is 2. The van der Waals surface area contributed by atoms with Crippen LogP contribution in [0.2, 0.25) is 0 Å². The first kappa shape index (κ1) is 20.6. The first-order chi connectivity index (χ1) is 11.9. The largest absolute Gasteiger partial charge is 0.384 e. The lowest BCUT2D eigenvalue weighted by Crippen LogP contribution is -2.09. The average molecular weight is 362 g/mol. The third-order valence-electron chi connectivity index (χ3n) is 2.91. The molecule has 0 amide bonds. The minimum atomic E-state index is 0.989. The standard InChI is InChI=1S/C19H27N3S2/c1-20-13-7-5-3-4-6-8-18-9-11-19(12-10-18)22-15-17-24-23-16-14-21-2/h3-13,21-22H,14-17H2,1-2H3/b4-3+,7-5-,8-6+,20-13?. The highest BCUT2D eigenvalue weighted by molar-refractivity contribution is 8.76. The quantitative estimate of drug-likeness (QED) is 0.248. The summed E-state index contributed by atoms with van der Waals surface area (Å²) in [6.45, 7) is 2.06. The minimum Gasteiger partial charge on any atom is -0.384 e. The van der Waals surface area contributed by atoms with Crippen LogP contribution in [0.4, 0.5) is 5.69 Å². The van der Waals surface area contributed by atoms with E-state index >= 15 is 0 Å². The molecule has 3 nitrogen and oxygen atoms in total. The Hall–Kier alpha value is -1.43. The van der Waals surface area contributed by atoms with Gasteiger partial charge in [-0.1, -0.05) is 64.1 Å². The summed E-state index contributed by atoms with van der Waals surface area (Å²) in [4.78, 5) is 3.88. The van der Waals surface area contributed by atoms with E-state index in [1.165, 1.54) is 11.3 Å². The SMILES string of the molecule is CN=C\C=C/C=C/C=C/c1ccc(NCCSSCCNC)cc1. The topological polar surface area (TPSA) is 36.4 Å². The first-order valence-electron chi connectivity index (χ1n) is 8.02. The van der Waals surface area contributed by atoms with Crippen LogP contribution < -0.4 is 10.6 Å². The Morgan fingerprint density at radius 3 is 2.29 bits per heavy atom. The van der Waals surface area contributed by atoms with Gasteiger partial charge in [0, 0.05) is 43.5 Å². The Bertz CT molecular complexity index is 534. The molecule has 0 aliphatic heterocycles. The Morgan fingerprint density at radius 2 is 1.58 bits per heavy atom. The molecule has 2 N–H and O–H groups in total. The van der Waals surface area contributed by atoms with E-state index in [4.69, 9.17) is 0 Å². The second-order valence-electron chi connectivity index (χ2n) is 4.83. The van der Waals surface area contributed by atoms with Crippen LogP contribution >= 0.6 is 21.6 Å². The maximum Gasteiger partial charge on any atom is 0.0340 e. The van der Waals surface area contributed by atoms with Crippen LogP contribution in [0.5, 0.6) is 0 Å². The van der Waals surface area contributed by atoms with Crippen molar-refractivity contribution in [1.29, 1.82) is 0 Å². The van der Waals surface area contributed by atoms with Crippen LogP contribution in [-0.2, 0) is 0 Å². The van der Waals surface area contributed by atoms with Gasteiger partial charge in [-0.05, 0) is 30.8 Å². The molecule has 130 valence electrons. The van der Waals surface area contributed by atoms with E-state index in [1.54, 1.807) is 13.3 Å². The molecule has 5 heteroatoms. The molecule has 0 bridgehead atoms. The molecular weight excluding hydrogens is 334 g/mol. The maximum absolute atomic E-state index is 3.88. The highest BCUT2D eigenvalue weighted by atomic mass is 33.1. The van der Waals surface area contributed by atoms with Gasteiger partial charge in [-0.15, -0.1) is 0 Å². The Morgan fingerprint density at radius 1 is 0.917 bits per heavy atom. The summed E-state index contributed by atoms with van der Waals surface area (Å²) in [6.07, 6.45) is 13.8. The van der Waals surface area contributed by atoms with Gasteiger partial charge >= 0.3 is 0 Å². The molecule has 24 heavy (non-hydrogen) atoms. The monoisotopic (exact) mass is 361 g/mol. The third-order valence-corrected chi connectivity index (χ3v) is 5.32. The van der Waals surface area contributed by atoms with Crippen molar-refractivity contribution in [2.24, 2.45) is 4.99 Å². The number of nitrogens with one attached hydrogen (secondary N) is 2. The van der Waals surface area contributed by atoms with Crippen LogP contribution in [0.25, 0.3) is 6.08 Å². The second-order valence-corrected chi connectivity index (χ2v) is 7.53. The van der Waals surface area contributed by atoms with Gasteiger partial charge in [-0.25, -0.2) is 0 Å². The summed E-state index contributed by atoms with van der Waals surface area (Å²) >= 11 is 0. The van der Waals surface area contributed by atoms with Crippen LogP contribution in [0.1, 0.15) is 5.56 Å². The van der Waals surface area contributed by atoms with Crippen LogP contribution in [-0.4, -0.2) is 44.9 Å². The number of nitrogens with zero attached hydrogens (tertiary/aromatic N) is 1. The molecule has 0 atom stereocenters. The summed E-state index contributed by atoms with van der Waals surface area (Å²) in [6, 6.07) is 8.50. The van der Waals surface area contributed by atoms with Crippen molar-refractivity contribution in [3.05, 3.63) is 60.2 Å². The molecule has 0 aliphatic rings. The smallest absolute Gasteiger partial charge is 0.0340 e. The van der Waals surface area contributed by atoms with E-state index in [9.17, 15) is 0 Å². The maximum atomic E-state index is 3.88. The summed E-state index contributed by atoms with van der Waals surface area (Å²) in [7, 11) is 7.58. The van der Waals surface area contributed by atoms with Gasteiger partial charge in [0.05, 0.1) is 0 Å². The molecule has 0 saturated carbocycles. The molecule has 1 aromatic carbocycles. The lowest BCUT2D eigenvalue weighted by molar-refractivity contribution is 0.873. The number of aliphatic imine (C=N–C) groups is 1. The average Bonchev–Trinajstić information content (AvgIpc) is 2.61. The van der Waals surface area contributed by atoms with E-state index in [0.717, 1.165) is 24.6 Å². The van der Waals surface area contributed by atoms with Crippen LogP contribution in [0.15, 0.2) is 59.6 Å². The predicted octanol–water partition coefficient (Wildman–Crippen LogP) is 4.53. The van der Waals surface area contributed by atoms with Gasteiger partial charge in [0.2, 0.25) is 0 Å². The van der Waals surface area contributed by atoms with Crippen molar-refractivity contribution in [2.45, 2.75) is 0 Å². The second kappa shape index (κ2) is 15.1. The van der Waals surface area contributed by atoms with E-state index < -0.39 is 0 Å². The summed E-state index contributed by atoms with van der Waals surface area (Å²) < 4.78 is 0. The van der Waals surface area contributed by atoms with Crippen molar-refractivity contribution >= 4 is 39.6 Å². The van der Waals surface area contributed by atoms with Gasteiger partial charge in [0.1, 0.15) is 0 Å². The summed E-state index contributed by atoms with van der Waals surface area (Å²) in [5.41, 5.74) is 2.37. The molecule has 1 rings (SSSR count). The molecule has 0 aliphatic carbocycles. The van der Waals surface area contributed by atoms with Gasteiger partial charge in [-0.2, -0.15) is 0 Å². The van der Waals surface area contributed by atoms with Crippen molar-refractivity contribution in [1.82, 2.24) is 5.32 Å². The van der Waals surface area contributed by atoms with Crippen molar-refractivity contribution in [2.75, 3.05) is 44.0 Å². The van der Waals surface area contributed by atoms with Crippen molar-refractivity contribution in [3.8, 4) is 0 Å². The zero-order valence-corrected chi connectivity index (χ0v) is 16.1. The van der Waals surface area contributed by atoms with E-state index in [0.29, 0.717) is 0 Å². The molecule has 0 radical (unpaired) electrons. The summed E-state index contributed by atoms with van der Waals surface area (Å²) in [5.74, 6) is 2.26. The van der Waals surface area contributed by atoms with E-state index in [2.05, 4.69) is 46.0 Å². The normalized spacial score (nSPS) is 12.2. The molecule has 0 saturated heterocycles. The fourth-order valence-corrected chi connectivity index (χ4v) is 3.62. The lowest BCUT2D eigenvalue weighted by atomic mass is 10.2. The fraction of sp³-hybridized carbons (Fsp3) is 0.316. The number of anilines is 1. The Kier molecular flexibility index (Phi) is 13.0. The number of allylic oxidation sites excluding steroid dienone is 5. The number of benzene rings is 1. The van der Waals surface area contributed by atoms with Gasteiger partial charge in [-0.3, -0.25) is 4.99 Å². The zero-order valence-electron chi connectivity index (χ0n) is 14.4. The van der Waals surface area contributed by atoms with Crippen LogP contribution in [0.3, 0.4) is 0 Å². The highest BCUT2D eigenvalue weighted by Gasteiger charge is 1.93. The Labute approximate surface area is 154 Å². The third kappa shape index (κ3) is 11.2. The van der Waals surface area contributed by atoms with Crippen LogP contribution in [0, 0.1) is 0 Å². The Balaban J connectivity index is 2.23. The first-order valence-corrected chi connectivity index (χ1v) is 10.5. The van der Waals surface area contributed by atoms with Crippen molar-refractivity contribution in [3.63, 3.8) is 0 Å². The number of hydrogen-bond acceptors (Lipinski definition) is 5. The lowest BCUT2D eigenvalue weighted by Gasteiger charge is -2.06. The molecule has 0 aromatic heterocycles. The minimum absolute atomic E-state index is 0.989. The molecule has 1 aromatic rings. The molecular formula is C19H27N3S2. The van der Waals surface area contributed by atoms with E-state index in [1.807, 2.05) is 59.0 Å². The zero-order chi connectivity index (χ0) is 17.3. The van der Waals surface area contributed by atoms with Gasteiger partial charge in [0.15, 0.2) is 0 Å². The molecule has 0 fully saturated rings. The predicted molar refractivity (Wildman–Crippen MR) is 116 cm³/mol. The van der Waals surface area contributed by atoms with E-state index in [-0.39, 0.29) is 0 Å². The molecule has 0 heterocycles.